The molecule has 104 valence electrons. The predicted octanol–water partition coefficient (Wildman–Crippen LogP) is 1.60. The van der Waals surface area contributed by atoms with E-state index in [-0.39, 0.29) is 5.91 Å². The van der Waals surface area contributed by atoms with Crippen LogP contribution in [0.1, 0.15) is 54.7 Å². The Morgan fingerprint density at radius 2 is 1.95 bits per heavy atom. The van der Waals surface area contributed by atoms with Gasteiger partial charge in [0.2, 0.25) is 0 Å². The van der Waals surface area contributed by atoms with Gasteiger partial charge in [0, 0.05) is 12.7 Å². The second kappa shape index (κ2) is 6.10. The van der Waals surface area contributed by atoms with Crippen LogP contribution in [0.3, 0.4) is 0 Å². The molecule has 0 saturated heterocycles. The van der Waals surface area contributed by atoms with Gasteiger partial charge in [0.05, 0.1) is 17.5 Å². The lowest BCUT2D eigenvalue weighted by atomic mass is 9.94. The van der Waals surface area contributed by atoms with E-state index in [0.717, 1.165) is 31.4 Å². The minimum absolute atomic E-state index is 0.273. The molecule has 1 aliphatic rings. The number of carbonyl (C=O) groups excluding carboxylic acids is 1. The van der Waals surface area contributed by atoms with E-state index in [9.17, 15) is 9.90 Å². The molecule has 0 atom stereocenters. The molecule has 0 aromatic carbocycles. The zero-order valence-electron chi connectivity index (χ0n) is 11.4. The molecule has 1 aromatic heterocycles. The molecule has 1 saturated carbocycles. The molecular weight excluding hydrogens is 242 g/mol. The lowest BCUT2D eigenvalue weighted by Gasteiger charge is -2.26. The third-order valence-electron chi connectivity index (χ3n) is 3.63. The van der Waals surface area contributed by atoms with Crippen molar-refractivity contribution in [3.8, 4) is 0 Å². The van der Waals surface area contributed by atoms with Gasteiger partial charge in [-0.25, -0.2) is 4.98 Å². The van der Waals surface area contributed by atoms with Crippen LogP contribution in [0.2, 0.25) is 0 Å². The van der Waals surface area contributed by atoms with E-state index in [0.29, 0.717) is 12.2 Å². The van der Waals surface area contributed by atoms with Crippen LogP contribution < -0.4 is 5.32 Å². The first kappa shape index (κ1) is 13.9. The topological polar surface area (TPSA) is 75.1 Å². The minimum Gasteiger partial charge on any atom is -0.388 e. The number of aryl methyl sites for hydroxylation is 1. The Morgan fingerprint density at radius 1 is 1.26 bits per heavy atom. The molecule has 1 amide bonds. The molecule has 0 radical (unpaired) electrons. The van der Waals surface area contributed by atoms with Gasteiger partial charge < -0.3 is 10.4 Å². The average molecular weight is 263 g/mol. The Balaban J connectivity index is 1.90. The molecule has 5 nitrogen and oxygen atoms in total. The molecular formula is C14H21N3O2. The lowest BCUT2D eigenvalue weighted by Crippen LogP contribution is -2.42. The number of hydrogen-bond donors (Lipinski definition) is 2. The Labute approximate surface area is 113 Å². The van der Waals surface area contributed by atoms with Gasteiger partial charge in [-0.05, 0) is 19.8 Å². The number of rotatable bonds is 3. The highest BCUT2D eigenvalue weighted by atomic mass is 16.3. The minimum atomic E-state index is -0.760. The molecule has 5 heteroatoms. The first-order chi connectivity index (χ1) is 9.09. The fourth-order valence-electron chi connectivity index (χ4n) is 2.41. The highest BCUT2D eigenvalue weighted by Crippen LogP contribution is 2.26. The maximum absolute atomic E-state index is 11.9. The summed E-state index contributed by atoms with van der Waals surface area (Å²) in [7, 11) is 0. The zero-order valence-corrected chi connectivity index (χ0v) is 11.4. The number of amides is 1. The van der Waals surface area contributed by atoms with E-state index in [2.05, 4.69) is 15.3 Å². The molecule has 1 fully saturated rings. The fourth-order valence-corrected chi connectivity index (χ4v) is 2.41. The van der Waals surface area contributed by atoms with Crippen molar-refractivity contribution < 1.29 is 9.90 Å². The normalized spacial score (nSPS) is 18.6. The van der Waals surface area contributed by atoms with Crippen molar-refractivity contribution >= 4 is 5.91 Å². The fraction of sp³-hybridized carbons (Fsp3) is 0.643. The largest absolute Gasteiger partial charge is 0.388 e. The third kappa shape index (κ3) is 3.99. The van der Waals surface area contributed by atoms with E-state index in [1.54, 1.807) is 6.20 Å². The molecule has 2 N–H and O–H groups in total. The van der Waals surface area contributed by atoms with Crippen LogP contribution in [-0.4, -0.2) is 33.1 Å². The first-order valence-corrected chi connectivity index (χ1v) is 6.88. The molecule has 1 aliphatic carbocycles. The number of nitrogens with zero attached hydrogens (tertiary/aromatic N) is 2. The quantitative estimate of drug-likeness (QED) is 0.812. The second-order valence-electron chi connectivity index (χ2n) is 5.36. The Bertz CT molecular complexity index is 423. The number of hydrogen-bond acceptors (Lipinski definition) is 4. The van der Waals surface area contributed by atoms with Gasteiger partial charge in [-0.1, -0.05) is 25.7 Å². The molecule has 0 spiro atoms. The van der Waals surface area contributed by atoms with Crippen molar-refractivity contribution in [2.75, 3.05) is 6.54 Å². The van der Waals surface area contributed by atoms with Crippen LogP contribution in [0.4, 0.5) is 0 Å². The number of aromatic nitrogens is 2. The van der Waals surface area contributed by atoms with Crippen molar-refractivity contribution in [1.82, 2.24) is 15.3 Å². The Hall–Kier alpha value is -1.49. The maximum atomic E-state index is 11.9. The van der Waals surface area contributed by atoms with Crippen LogP contribution in [0.25, 0.3) is 0 Å². The molecule has 1 heterocycles. The molecule has 0 aliphatic heterocycles. The van der Waals surface area contributed by atoms with Crippen LogP contribution in [-0.2, 0) is 0 Å². The van der Waals surface area contributed by atoms with Crippen LogP contribution in [0.5, 0.6) is 0 Å². The third-order valence-corrected chi connectivity index (χ3v) is 3.63. The van der Waals surface area contributed by atoms with Gasteiger partial charge in [0.25, 0.3) is 5.91 Å². The number of nitrogens with one attached hydrogen (secondary N) is 1. The van der Waals surface area contributed by atoms with Crippen LogP contribution in [0.15, 0.2) is 12.4 Å². The van der Waals surface area contributed by atoms with Gasteiger partial charge in [-0.15, -0.1) is 0 Å². The van der Waals surface area contributed by atoms with Crippen molar-refractivity contribution in [1.29, 1.82) is 0 Å². The average Bonchev–Trinajstić information content (AvgIpc) is 2.62. The molecule has 19 heavy (non-hydrogen) atoms. The highest BCUT2D eigenvalue weighted by Gasteiger charge is 2.28. The number of carbonyl (C=O) groups is 1. The Morgan fingerprint density at radius 3 is 2.53 bits per heavy atom. The highest BCUT2D eigenvalue weighted by molar-refractivity contribution is 5.91. The Kier molecular flexibility index (Phi) is 4.47. The standard InChI is InChI=1S/C14H21N3O2/c1-11-8-16-12(9-15-11)13(18)17-10-14(19)6-4-2-3-5-7-14/h8-9,19H,2-7,10H2,1H3,(H,17,18). The van der Waals surface area contributed by atoms with Crippen molar-refractivity contribution in [2.24, 2.45) is 0 Å². The molecule has 1 aromatic rings. The van der Waals surface area contributed by atoms with E-state index in [4.69, 9.17) is 0 Å². The van der Waals surface area contributed by atoms with Gasteiger partial charge in [-0.2, -0.15) is 0 Å². The second-order valence-corrected chi connectivity index (χ2v) is 5.36. The van der Waals surface area contributed by atoms with Crippen molar-refractivity contribution in [2.45, 2.75) is 51.0 Å². The zero-order chi connectivity index (χ0) is 13.7. The van der Waals surface area contributed by atoms with E-state index >= 15 is 0 Å². The summed E-state index contributed by atoms with van der Waals surface area (Å²) in [6.45, 7) is 2.12. The monoisotopic (exact) mass is 263 g/mol. The van der Waals surface area contributed by atoms with Gasteiger partial charge in [-0.3, -0.25) is 9.78 Å². The summed E-state index contributed by atoms with van der Waals surface area (Å²) in [5.74, 6) is -0.273. The maximum Gasteiger partial charge on any atom is 0.271 e. The summed E-state index contributed by atoms with van der Waals surface area (Å²) in [6.07, 6.45) is 8.92. The van der Waals surface area contributed by atoms with Crippen molar-refractivity contribution in [3.05, 3.63) is 23.8 Å². The molecule has 0 unspecified atom stereocenters. The summed E-state index contributed by atoms with van der Waals surface area (Å²) < 4.78 is 0. The van der Waals surface area contributed by atoms with Crippen LogP contribution in [0, 0.1) is 6.92 Å². The van der Waals surface area contributed by atoms with Crippen LogP contribution >= 0.6 is 0 Å². The summed E-state index contributed by atoms with van der Waals surface area (Å²) >= 11 is 0. The van der Waals surface area contributed by atoms with E-state index in [1.807, 2.05) is 6.92 Å². The summed E-state index contributed by atoms with van der Waals surface area (Å²) in [5.41, 5.74) is 0.311. The number of aliphatic hydroxyl groups is 1. The van der Waals surface area contributed by atoms with Gasteiger partial charge in [0.1, 0.15) is 5.69 Å². The molecule has 0 bridgehead atoms. The van der Waals surface area contributed by atoms with E-state index < -0.39 is 5.60 Å². The molecule has 2 rings (SSSR count). The summed E-state index contributed by atoms with van der Waals surface area (Å²) in [4.78, 5) is 20.0. The van der Waals surface area contributed by atoms with Crippen molar-refractivity contribution in [3.63, 3.8) is 0 Å². The predicted molar refractivity (Wildman–Crippen MR) is 71.8 cm³/mol. The van der Waals surface area contributed by atoms with Gasteiger partial charge in [0.15, 0.2) is 0 Å². The summed E-state index contributed by atoms with van der Waals surface area (Å²) in [5, 5.41) is 13.2. The van der Waals surface area contributed by atoms with E-state index in [1.165, 1.54) is 19.0 Å². The first-order valence-electron chi connectivity index (χ1n) is 6.88. The van der Waals surface area contributed by atoms with Gasteiger partial charge >= 0.3 is 0 Å². The lowest BCUT2D eigenvalue weighted by molar-refractivity contribution is 0.0246. The smallest absolute Gasteiger partial charge is 0.271 e. The summed E-state index contributed by atoms with van der Waals surface area (Å²) in [6, 6.07) is 0. The SMILES string of the molecule is Cc1cnc(C(=O)NCC2(O)CCCCCC2)cn1.